The number of ether oxygens (including phenoxy) is 1. The Balaban J connectivity index is 1.28. The van der Waals surface area contributed by atoms with Gasteiger partial charge < -0.3 is 10.1 Å². The number of aryl methyl sites for hydroxylation is 1. The second-order valence-electron chi connectivity index (χ2n) is 8.59. The minimum absolute atomic E-state index is 0.0195. The largest absolute Gasteiger partial charge is 0.445 e. The van der Waals surface area contributed by atoms with Gasteiger partial charge in [-0.2, -0.15) is 0 Å². The molecule has 0 radical (unpaired) electrons. The highest BCUT2D eigenvalue weighted by molar-refractivity contribution is 5.69. The number of benzene rings is 2. The first kappa shape index (κ1) is 18.6. The van der Waals surface area contributed by atoms with E-state index in [1.54, 1.807) is 12.1 Å². The van der Waals surface area contributed by atoms with E-state index in [1.807, 2.05) is 12.1 Å². The normalized spacial score (nSPS) is 27.9. The number of halogens is 1. The number of carbonyl (C=O) groups excluding carboxylic acids is 1. The summed E-state index contributed by atoms with van der Waals surface area (Å²) in [5.74, 6) is 0.286. The Kier molecular flexibility index (Phi) is 5.00. The van der Waals surface area contributed by atoms with E-state index in [2.05, 4.69) is 22.3 Å². The Labute approximate surface area is 171 Å². The highest BCUT2D eigenvalue weighted by Gasteiger charge is 2.37. The van der Waals surface area contributed by atoms with E-state index >= 15 is 0 Å². The van der Waals surface area contributed by atoms with Gasteiger partial charge in [0, 0.05) is 6.54 Å². The zero-order valence-corrected chi connectivity index (χ0v) is 16.6. The summed E-state index contributed by atoms with van der Waals surface area (Å²) in [6, 6.07) is 12.9. The van der Waals surface area contributed by atoms with E-state index < -0.39 is 0 Å². The van der Waals surface area contributed by atoms with E-state index in [-0.39, 0.29) is 24.1 Å². The van der Waals surface area contributed by atoms with Gasteiger partial charge in [0.05, 0.1) is 6.04 Å². The van der Waals surface area contributed by atoms with Crippen LogP contribution in [0.15, 0.2) is 42.5 Å². The van der Waals surface area contributed by atoms with Crippen molar-refractivity contribution < 1.29 is 13.9 Å². The van der Waals surface area contributed by atoms with E-state index in [0.29, 0.717) is 5.92 Å². The smallest absolute Gasteiger partial charge is 0.407 e. The lowest BCUT2D eigenvalue weighted by molar-refractivity contribution is -0.0340. The molecule has 0 saturated carbocycles. The Bertz CT molecular complexity index is 908. The Hall–Kier alpha value is -2.40. The maximum atomic E-state index is 13.6. The average Bonchev–Trinajstić information content (AvgIpc) is 2.74. The topological polar surface area (TPSA) is 41.6 Å². The molecule has 2 aromatic rings. The van der Waals surface area contributed by atoms with Crippen molar-refractivity contribution in [3.63, 3.8) is 0 Å². The first-order valence-corrected chi connectivity index (χ1v) is 10.7. The van der Waals surface area contributed by atoms with Gasteiger partial charge in [0.25, 0.3) is 0 Å². The molecule has 0 aromatic heterocycles. The van der Waals surface area contributed by atoms with Crippen molar-refractivity contribution in [1.82, 2.24) is 10.2 Å². The van der Waals surface area contributed by atoms with E-state index in [0.717, 1.165) is 68.4 Å². The number of rotatable bonds is 3. The highest BCUT2D eigenvalue weighted by Crippen LogP contribution is 2.34. The van der Waals surface area contributed by atoms with Crippen molar-refractivity contribution in [2.24, 2.45) is 5.92 Å². The first-order valence-electron chi connectivity index (χ1n) is 10.7. The van der Waals surface area contributed by atoms with Crippen molar-refractivity contribution in [2.75, 3.05) is 19.6 Å². The monoisotopic (exact) mass is 394 g/mol. The third-order valence-electron chi connectivity index (χ3n) is 6.76. The van der Waals surface area contributed by atoms with Crippen LogP contribution in [-0.2, 0) is 11.2 Å². The SMILES string of the molecule is O=C(NC1CCCc2cc(-c3cccc(F)c3)ccc21)O[C@H]1CN2CCC1CC2. The van der Waals surface area contributed by atoms with Gasteiger partial charge in [-0.25, -0.2) is 9.18 Å². The molecule has 1 unspecified atom stereocenters. The third-order valence-corrected chi connectivity index (χ3v) is 6.76. The van der Waals surface area contributed by atoms with Gasteiger partial charge in [0.15, 0.2) is 0 Å². The van der Waals surface area contributed by atoms with Crippen LogP contribution in [0.3, 0.4) is 0 Å². The molecule has 0 spiro atoms. The summed E-state index contributed by atoms with van der Waals surface area (Å²) in [6.07, 6.45) is 4.91. The summed E-state index contributed by atoms with van der Waals surface area (Å²) >= 11 is 0. The Morgan fingerprint density at radius 1 is 1.07 bits per heavy atom. The van der Waals surface area contributed by atoms with Gasteiger partial charge in [0.2, 0.25) is 0 Å². The second kappa shape index (κ2) is 7.79. The average molecular weight is 394 g/mol. The van der Waals surface area contributed by atoms with Gasteiger partial charge in [-0.1, -0.05) is 30.3 Å². The summed E-state index contributed by atoms with van der Waals surface area (Å²) in [5, 5.41) is 3.11. The highest BCUT2D eigenvalue weighted by atomic mass is 19.1. The lowest BCUT2D eigenvalue weighted by Crippen LogP contribution is -2.52. The van der Waals surface area contributed by atoms with Crippen LogP contribution in [0.4, 0.5) is 9.18 Å². The fourth-order valence-corrected chi connectivity index (χ4v) is 5.17. The molecule has 29 heavy (non-hydrogen) atoms. The molecule has 5 heteroatoms. The van der Waals surface area contributed by atoms with Crippen molar-refractivity contribution in [3.05, 3.63) is 59.4 Å². The summed E-state index contributed by atoms with van der Waals surface area (Å²) in [6.45, 7) is 3.14. The first-order chi connectivity index (χ1) is 14.2. The number of hydrogen-bond donors (Lipinski definition) is 1. The molecule has 2 aromatic carbocycles. The standard InChI is InChI=1S/C24H27FN2O2/c25-20-5-1-3-17(14-20)18-7-8-21-19(13-18)4-2-6-22(21)26-24(28)29-23-15-27-11-9-16(23)10-12-27/h1,3,5,7-8,13-14,16,22-23H,2,4,6,9-12,15H2,(H,26,28)/t22?,23-/m0/s1. The number of amides is 1. The number of nitrogens with one attached hydrogen (secondary N) is 1. The molecule has 2 atom stereocenters. The summed E-state index contributed by atoms with van der Waals surface area (Å²) in [7, 11) is 0. The molecule has 4 aliphatic rings. The maximum absolute atomic E-state index is 13.6. The molecular weight excluding hydrogens is 367 g/mol. The van der Waals surface area contributed by atoms with E-state index in [4.69, 9.17) is 4.74 Å². The summed E-state index contributed by atoms with van der Waals surface area (Å²) < 4.78 is 19.4. The van der Waals surface area contributed by atoms with Crippen LogP contribution in [-0.4, -0.2) is 36.7 Å². The zero-order chi connectivity index (χ0) is 19.8. The van der Waals surface area contributed by atoms with Crippen LogP contribution in [0, 0.1) is 11.7 Å². The third kappa shape index (κ3) is 3.88. The zero-order valence-electron chi connectivity index (χ0n) is 16.6. The molecule has 3 saturated heterocycles. The molecule has 4 nitrogen and oxygen atoms in total. The molecule has 3 fully saturated rings. The van der Waals surface area contributed by atoms with Crippen LogP contribution >= 0.6 is 0 Å². The number of carbonyl (C=O) groups is 1. The molecule has 2 bridgehead atoms. The molecule has 6 rings (SSSR count). The lowest BCUT2D eigenvalue weighted by Gasteiger charge is -2.44. The fourth-order valence-electron chi connectivity index (χ4n) is 5.17. The van der Waals surface area contributed by atoms with Crippen LogP contribution in [0.2, 0.25) is 0 Å². The van der Waals surface area contributed by atoms with Crippen molar-refractivity contribution in [2.45, 2.75) is 44.2 Å². The maximum Gasteiger partial charge on any atom is 0.407 e. The summed E-state index contributed by atoms with van der Waals surface area (Å²) in [4.78, 5) is 15.0. The van der Waals surface area contributed by atoms with Gasteiger partial charge in [-0.3, -0.25) is 4.90 Å². The molecule has 3 heterocycles. The Morgan fingerprint density at radius 2 is 1.90 bits per heavy atom. The Morgan fingerprint density at radius 3 is 2.66 bits per heavy atom. The van der Waals surface area contributed by atoms with Gasteiger partial charge in [0.1, 0.15) is 11.9 Å². The van der Waals surface area contributed by atoms with Gasteiger partial charge in [-0.15, -0.1) is 0 Å². The lowest BCUT2D eigenvalue weighted by atomic mass is 9.85. The number of nitrogens with zero attached hydrogens (tertiary/aromatic N) is 1. The minimum atomic E-state index is -0.296. The summed E-state index contributed by atoms with van der Waals surface area (Å²) in [5.41, 5.74) is 4.27. The number of alkyl carbamates (subject to hydrolysis) is 1. The molecule has 1 aliphatic carbocycles. The molecular formula is C24H27FN2O2. The van der Waals surface area contributed by atoms with Gasteiger partial charge in [-0.05, 0) is 85.5 Å². The van der Waals surface area contributed by atoms with Crippen molar-refractivity contribution in [1.29, 1.82) is 0 Å². The van der Waals surface area contributed by atoms with Gasteiger partial charge >= 0.3 is 6.09 Å². The minimum Gasteiger partial charge on any atom is -0.445 e. The predicted octanol–water partition coefficient (Wildman–Crippen LogP) is 4.69. The van der Waals surface area contributed by atoms with Crippen LogP contribution in [0.25, 0.3) is 11.1 Å². The van der Waals surface area contributed by atoms with Crippen LogP contribution in [0.1, 0.15) is 42.9 Å². The van der Waals surface area contributed by atoms with Crippen molar-refractivity contribution >= 4 is 6.09 Å². The predicted molar refractivity (Wildman–Crippen MR) is 110 cm³/mol. The van der Waals surface area contributed by atoms with Crippen LogP contribution < -0.4 is 5.32 Å². The van der Waals surface area contributed by atoms with Crippen molar-refractivity contribution in [3.8, 4) is 11.1 Å². The van der Waals surface area contributed by atoms with Crippen LogP contribution in [0.5, 0.6) is 0 Å². The number of hydrogen-bond acceptors (Lipinski definition) is 3. The fraction of sp³-hybridized carbons (Fsp3) is 0.458. The molecule has 3 aliphatic heterocycles. The molecule has 1 N–H and O–H groups in total. The van der Waals surface area contributed by atoms with E-state index in [9.17, 15) is 9.18 Å². The number of fused-ring (bicyclic) bond motifs is 4. The molecule has 1 amide bonds. The second-order valence-corrected chi connectivity index (χ2v) is 8.59. The van der Waals surface area contributed by atoms with E-state index in [1.165, 1.54) is 11.6 Å². The molecule has 152 valence electrons. The number of piperidine rings is 3. The quantitative estimate of drug-likeness (QED) is 0.821.